The summed E-state index contributed by atoms with van der Waals surface area (Å²) in [6, 6.07) is 0. The number of rotatable bonds is 1. The number of nitrogens with zero attached hydrogens (tertiary/aromatic N) is 3. The average molecular weight is 262 g/mol. The fraction of sp³-hybridized carbons (Fsp3) is 0.143. The minimum absolute atomic E-state index is 0.446. The molecule has 0 amide bonds. The molecule has 0 aliphatic heterocycles. The van der Waals surface area contributed by atoms with Gasteiger partial charge in [-0.3, -0.25) is 4.40 Å². The van der Waals surface area contributed by atoms with E-state index < -0.39 is 0 Å². The van der Waals surface area contributed by atoms with Crippen molar-refractivity contribution in [2.45, 2.75) is 0 Å². The summed E-state index contributed by atoms with van der Waals surface area (Å²) < 4.78 is 7.38. The summed E-state index contributed by atoms with van der Waals surface area (Å²) in [6.07, 6.45) is 3.28. The minimum atomic E-state index is 0.446. The molecule has 0 spiro atoms. The van der Waals surface area contributed by atoms with Gasteiger partial charge in [0.25, 0.3) is 5.88 Å². The monoisotopic (exact) mass is 261 g/mol. The van der Waals surface area contributed by atoms with E-state index in [1.807, 2.05) is 0 Å². The molecule has 13 heavy (non-hydrogen) atoms. The van der Waals surface area contributed by atoms with Crippen molar-refractivity contribution in [3.05, 3.63) is 22.1 Å². The summed E-state index contributed by atoms with van der Waals surface area (Å²) >= 11 is 9.11. The molecule has 0 aliphatic carbocycles. The molecule has 0 unspecified atom stereocenters. The molecule has 6 heteroatoms. The molecule has 0 N–H and O–H groups in total. The Morgan fingerprint density at radius 3 is 3.08 bits per heavy atom. The van der Waals surface area contributed by atoms with Gasteiger partial charge in [-0.1, -0.05) is 11.6 Å². The molecular formula is C7H5BrClN3O. The van der Waals surface area contributed by atoms with Crippen molar-refractivity contribution in [3.8, 4) is 5.88 Å². The Morgan fingerprint density at radius 1 is 1.62 bits per heavy atom. The Kier molecular flexibility index (Phi) is 2.13. The van der Waals surface area contributed by atoms with Gasteiger partial charge in [-0.2, -0.15) is 0 Å². The van der Waals surface area contributed by atoms with Gasteiger partial charge in [0.05, 0.1) is 13.3 Å². The van der Waals surface area contributed by atoms with E-state index >= 15 is 0 Å². The number of imidazole rings is 1. The number of hydrogen-bond donors (Lipinski definition) is 0. The van der Waals surface area contributed by atoms with E-state index in [-0.39, 0.29) is 0 Å². The summed E-state index contributed by atoms with van der Waals surface area (Å²) in [7, 11) is 1.54. The van der Waals surface area contributed by atoms with Gasteiger partial charge in [-0.15, -0.1) is 0 Å². The van der Waals surface area contributed by atoms with Gasteiger partial charge in [0.2, 0.25) is 5.65 Å². The van der Waals surface area contributed by atoms with Crippen LogP contribution < -0.4 is 4.74 Å². The van der Waals surface area contributed by atoms with Gasteiger partial charge < -0.3 is 4.74 Å². The summed E-state index contributed by atoms with van der Waals surface area (Å²) in [5, 5.41) is 0.524. The van der Waals surface area contributed by atoms with Crippen LogP contribution in [0.25, 0.3) is 5.65 Å². The molecule has 0 bridgehead atoms. The van der Waals surface area contributed by atoms with Gasteiger partial charge in [0.15, 0.2) is 0 Å². The van der Waals surface area contributed by atoms with Crippen molar-refractivity contribution in [1.82, 2.24) is 14.4 Å². The van der Waals surface area contributed by atoms with Crippen molar-refractivity contribution < 1.29 is 4.74 Å². The first-order chi connectivity index (χ1) is 6.22. The predicted molar refractivity (Wildman–Crippen MR) is 52.2 cm³/mol. The van der Waals surface area contributed by atoms with Crippen molar-refractivity contribution in [1.29, 1.82) is 0 Å². The van der Waals surface area contributed by atoms with Crippen LogP contribution in [0, 0.1) is 0 Å². The molecule has 68 valence electrons. The zero-order valence-corrected chi connectivity index (χ0v) is 9.00. The van der Waals surface area contributed by atoms with Gasteiger partial charge in [-0.05, 0) is 15.9 Å². The lowest BCUT2D eigenvalue weighted by atomic mass is 10.6. The molecule has 0 saturated carbocycles. The van der Waals surface area contributed by atoms with Crippen molar-refractivity contribution in [3.63, 3.8) is 0 Å². The highest BCUT2D eigenvalue weighted by molar-refractivity contribution is 9.10. The molecule has 0 radical (unpaired) electrons. The summed E-state index contributed by atoms with van der Waals surface area (Å²) in [5.74, 6) is 0.446. The second-order valence-corrected chi connectivity index (χ2v) is 3.55. The van der Waals surface area contributed by atoms with Crippen LogP contribution in [0.15, 0.2) is 17.0 Å². The standard InChI is InChI=1S/C7H5BrClN3O/c1-13-7-6-10-2-5(9)12(6)3-4(8)11-7/h2-3H,1H3. The van der Waals surface area contributed by atoms with Crippen LogP contribution >= 0.6 is 27.5 Å². The molecule has 2 aromatic rings. The van der Waals surface area contributed by atoms with E-state index in [0.29, 0.717) is 21.3 Å². The Morgan fingerprint density at radius 2 is 2.38 bits per heavy atom. The molecule has 2 rings (SSSR count). The molecule has 2 aromatic heterocycles. The maximum absolute atomic E-state index is 5.87. The average Bonchev–Trinajstić information content (AvgIpc) is 2.47. The highest BCUT2D eigenvalue weighted by atomic mass is 79.9. The van der Waals surface area contributed by atoms with Crippen LogP contribution in [-0.4, -0.2) is 21.5 Å². The SMILES string of the molecule is COc1nc(Br)cn2c(Cl)cnc12. The van der Waals surface area contributed by atoms with Crippen molar-refractivity contribution in [2.24, 2.45) is 0 Å². The van der Waals surface area contributed by atoms with Crippen molar-refractivity contribution >= 4 is 33.2 Å². The summed E-state index contributed by atoms with van der Waals surface area (Å²) in [5.41, 5.74) is 0.607. The van der Waals surface area contributed by atoms with Crippen molar-refractivity contribution in [2.75, 3.05) is 7.11 Å². The van der Waals surface area contributed by atoms with E-state index in [1.54, 1.807) is 16.8 Å². The molecule has 0 aromatic carbocycles. The van der Waals surface area contributed by atoms with E-state index in [0.717, 1.165) is 0 Å². The van der Waals surface area contributed by atoms with Crippen LogP contribution in [0.2, 0.25) is 5.15 Å². The topological polar surface area (TPSA) is 39.4 Å². The first-order valence-corrected chi connectivity index (χ1v) is 4.62. The second kappa shape index (κ2) is 3.16. The molecule has 0 fully saturated rings. The molecule has 0 saturated heterocycles. The number of fused-ring (bicyclic) bond motifs is 1. The smallest absolute Gasteiger partial charge is 0.259 e. The number of halogens is 2. The Balaban J connectivity index is 2.84. The first-order valence-electron chi connectivity index (χ1n) is 3.45. The largest absolute Gasteiger partial charge is 0.478 e. The highest BCUT2D eigenvalue weighted by Crippen LogP contribution is 2.22. The summed E-state index contributed by atoms with van der Waals surface area (Å²) in [4.78, 5) is 8.14. The number of methoxy groups -OCH3 is 1. The zero-order chi connectivity index (χ0) is 9.42. The molecule has 0 atom stereocenters. The molecule has 2 heterocycles. The maximum Gasteiger partial charge on any atom is 0.259 e. The fourth-order valence-electron chi connectivity index (χ4n) is 1.04. The number of ether oxygens (including phenoxy) is 1. The van der Waals surface area contributed by atoms with Gasteiger partial charge in [-0.25, -0.2) is 9.97 Å². The van der Waals surface area contributed by atoms with Gasteiger partial charge in [0.1, 0.15) is 9.76 Å². The number of aromatic nitrogens is 3. The Hall–Kier alpha value is -0.810. The van der Waals surface area contributed by atoms with Crippen LogP contribution in [0.1, 0.15) is 0 Å². The van der Waals surface area contributed by atoms with Crippen LogP contribution in [0.4, 0.5) is 0 Å². The molecular weight excluding hydrogens is 257 g/mol. The van der Waals surface area contributed by atoms with Gasteiger partial charge >= 0.3 is 0 Å². The first kappa shape index (κ1) is 8.77. The van der Waals surface area contributed by atoms with Crippen LogP contribution in [0.3, 0.4) is 0 Å². The van der Waals surface area contributed by atoms with E-state index in [1.165, 1.54) is 7.11 Å². The Bertz CT molecular complexity index is 456. The van der Waals surface area contributed by atoms with Gasteiger partial charge in [0, 0.05) is 6.20 Å². The number of hydrogen-bond acceptors (Lipinski definition) is 3. The normalized spacial score (nSPS) is 10.7. The lowest BCUT2D eigenvalue weighted by molar-refractivity contribution is 0.399. The van der Waals surface area contributed by atoms with E-state index in [9.17, 15) is 0 Å². The Labute approximate surface area is 87.6 Å². The molecule has 0 aliphatic rings. The lowest BCUT2D eigenvalue weighted by Gasteiger charge is -2.01. The highest BCUT2D eigenvalue weighted by Gasteiger charge is 2.08. The minimum Gasteiger partial charge on any atom is -0.478 e. The van der Waals surface area contributed by atoms with E-state index in [4.69, 9.17) is 16.3 Å². The van der Waals surface area contributed by atoms with Crippen LogP contribution in [-0.2, 0) is 0 Å². The summed E-state index contributed by atoms with van der Waals surface area (Å²) in [6.45, 7) is 0. The zero-order valence-electron chi connectivity index (χ0n) is 6.66. The third kappa shape index (κ3) is 1.38. The molecule has 4 nitrogen and oxygen atoms in total. The third-order valence-electron chi connectivity index (χ3n) is 1.58. The predicted octanol–water partition coefficient (Wildman–Crippen LogP) is 2.15. The second-order valence-electron chi connectivity index (χ2n) is 2.35. The maximum atomic E-state index is 5.87. The van der Waals surface area contributed by atoms with Crippen LogP contribution in [0.5, 0.6) is 5.88 Å². The third-order valence-corrected chi connectivity index (χ3v) is 2.24. The van der Waals surface area contributed by atoms with E-state index in [2.05, 4.69) is 25.9 Å². The lowest BCUT2D eigenvalue weighted by Crippen LogP contribution is -1.94. The quantitative estimate of drug-likeness (QED) is 0.790. The fourth-order valence-corrected chi connectivity index (χ4v) is 1.58.